The zero-order valence-electron chi connectivity index (χ0n) is 8.04. The van der Waals surface area contributed by atoms with Crippen LogP contribution in [0.4, 0.5) is 0 Å². The van der Waals surface area contributed by atoms with Gasteiger partial charge in [0.1, 0.15) is 0 Å². The molecule has 0 radical (unpaired) electrons. The van der Waals surface area contributed by atoms with Gasteiger partial charge >= 0.3 is 5.97 Å². The summed E-state index contributed by atoms with van der Waals surface area (Å²) in [5.41, 5.74) is 1.08. The van der Waals surface area contributed by atoms with E-state index in [1.165, 1.54) is 15.8 Å². The second kappa shape index (κ2) is 3.82. The average Bonchev–Trinajstić information content (AvgIpc) is 2.76. The minimum atomic E-state index is -1.05. The first-order valence-corrected chi connectivity index (χ1v) is 5.20. The highest BCUT2D eigenvalue weighted by Crippen LogP contribution is 2.13. The number of hydrogen-bond acceptors (Lipinski definition) is 4. The molecular formula is C9H9N3O2S. The molecule has 1 N–H and O–H groups in total. The van der Waals surface area contributed by atoms with Gasteiger partial charge in [-0.1, -0.05) is 5.21 Å². The van der Waals surface area contributed by atoms with E-state index in [-0.39, 0.29) is 5.69 Å². The number of carboxylic acids is 1. The van der Waals surface area contributed by atoms with Gasteiger partial charge in [0.2, 0.25) is 0 Å². The zero-order chi connectivity index (χ0) is 10.8. The third-order valence-corrected chi connectivity index (χ3v) is 2.80. The predicted octanol–water partition coefficient (Wildman–Crippen LogP) is 1.39. The molecule has 0 fully saturated rings. The second-order valence-corrected chi connectivity index (χ2v) is 4.29. The van der Waals surface area contributed by atoms with Crippen LogP contribution in [0.2, 0.25) is 0 Å². The van der Waals surface area contributed by atoms with E-state index in [1.54, 1.807) is 11.3 Å². The van der Waals surface area contributed by atoms with E-state index in [0.717, 1.165) is 5.56 Å². The Morgan fingerprint density at radius 3 is 3.00 bits per heavy atom. The van der Waals surface area contributed by atoms with Crippen molar-refractivity contribution in [1.82, 2.24) is 15.0 Å². The molecule has 15 heavy (non-hydrogen) atoms. The average molecular weight is 223 g/mol. The number of carboxylic acid groups (broad SMARTS) is 1. The molecule has 2 rings (SSSR count). The van der Waals surface area contributed by atoms with Crippen molar-refractivity contribution < 1.29 is 9.90 Å². The topological polar surface area (TPSA) is 68.0 Å². The van der Waals surface area contributed by atoms with Crippen molar-refractivity contribution in [3.63, 3.8) is 0 Å². The number of nitrogens with zero attached hydrogens (tertiary/aromatic N) is 3. The van der Waals surface area contributed by atoms with Gasteiger partial charge in [-0.3, -0.25) is 0 Å². The molecule has 0 atom stereocenters. The van der Waals surface area contributed by atoms with Crippen molar-refractivity contribution in [2.45, 2.75) is 13.5 Å². The van der Waals surface area contributed by atoms with E-state index < -0.39 is 5.97 Å². The zero-order valence-corrected chi connectivity index (χ0v) is 8.86. The maximum Gasteiger partial charge on any atom is 0.358 e. The number of hydrogen-bond donors (Lipinski definition) is 1. The monoisotopic (exact) mass is 223 g/mol. The summed E-state index contributed by atoms with van der Waals surface area (Å²) in [4.78, 5) is 11.8. The molecule has 2 aromatic heterocycles. The SMILES string of the molecule is Cc1cc(Cn2cc(C(=O)O)nn2)cs1. The second-order valence-electron chi connectivity index (χ2n) is 3.17. The maximum absolute atomic E-state index is 10.6. The van der Waals surface area contributed by atoms with Crippen LogP contribution in [0.25, 0.3) is 0 Å². The minimum absolute atomic E-state index is 0.0260. The van der Waals surface area contributed by atoms with Crippen molar-refractivity contribution in [3.05, 3.63) is 33.8 Å². The van der Waals surface area contributed by atoms with Gasteiger partial charge in [-0.15, -0.1) is 16.4 Å². The van der Waals surface area contributed by atoms with Gasteiger partial charge in [0, 0.05) is 4.88 Å². The van der Waals surface area contributed by atoms with Crippen LogP contribution in [0.1, 0.15) is 20.9 Å². The molecule has 2 heterocycles. The highest BCUT2D eigenvalue weighted by Gasteiger charge is 2.08. The smallest absolute Gasteiger partial charge is 0.358 e. The Bertz CT molecular complexity index is 489. The molecule has 0 aromatic carbocycles. The van der Waals surface area contributed by atoms with E-state index in [4.69, 9.17) is 5.11 Å². The number of aromatic carboxylic acids is 1. The third kappa shape index (κ3) is 2.21. The predicted molar refractivity (Wildman–Crippen MR) is 55.1 cm³/mol. The van der Waals surface area contributed by atoms with Gasteiger partial charge in [-0.05, 0) is 23.9 Å². The molecule has 6 heteroatoms. The van der Waals surface area contributed by atoms with Gasteiger partial charge in [-0.25, -0.2) is 9.48 Å². The van der Waals surface area contributed by atoms with Crippen LogP contribution in [-0.2, 0) is 6.54 Å². The molecule has 0 amide bonds. The Balaban J connectivity index is 2.14. The van der Waals surface area contributed by atoms with Crippen LogP contribution in [0, 0.1) is 6.92 Å². The summed E-state index contributed by atoms with van der Waals surface area (Å²) >= 11 is 1.66. The number of carbonyl (C=O) groups is 1. The van der Waals surface area contributed by atoms with Gasteiger partial charge in [0.15, 0.2) is 5.69 Å². The maximum atomic E-state index is 10.6. The van der Waals surface area contributed by atoms with Crippen molar-refractivity contribution in [2.24, 2.45) is 0 Å². The van der Waals surface area contributed by atoms with Gasteiger partial charge in [0.25, 0.3) is 0 Å². The molecule has 0 saturated carbocycles. The minimum Gasteiger partial charge on any atom is -0.476 e. The van der Waals surface area contributed by atoms with Gasteiger partial charge in [-0.2, -0.15) is 0 Å². The highest BCUT2D eigenvalue weighted by molar-refractivity contribution is 7.10. The Morgan fingerprint density at radius 2 is 2.47 bits per heavy atom. The summed E-state index contributed by atoms with van der Waals surface area (Å²) in [6, 6.07) is 2.05. The first kappa shape index (κ1) is 9.85. The summed E-state index contributed by atoms with van der Waals surface area (Å²) in [5.74, 6) is -1.05. The van der Waals surface area contributed by atoms with Crippen molar-refractivity contribution >= 4 is 17.3 Å². The lowest BCUT2D eigenvalue weighted by molar-refractivity contribution is 0.0690. The number of thiophene rings is 1. The van der Waals surface area contributed by atoms with E-state index >= 15 is 0 Å². The van der Waals surface area contributed by atoms with Crippen LogP contribution in [0.3, 0.4) is 0 Å². The van der Waals surface area contributed by atoms with Crippen LogP contribution >= 0.6 is 11.3 Å². The number of aryl methyl sites for hydroxylation is 1. The fourth-order valence-electron chi connectivity index (χ4n) is 1.24. The fraction of sp³-hybridized carbons (Fsp3) is 0.222. The number of aromatic nitrogens is 3. The summed E-state index contributed by atoms with van der Waals surface area (Å²) in [6.45, 7) is 2.59. The van der Waals surface area contributed by atoms with Crippen LogP contribution in [0.15, 0.2) is 17.6 Å². The van der Waals surface area contributed by atoms with Crippen LogP contribution < -0.4 is 0 Å². The summed E-state index contributed by atoms with van der Waals surface area (Å²) in [6.07, 6.45) is 1.43. The molecule has 78 valence electrons. The Hall–Kier alpha value is -1.69. The van der Waals surface area contributed by atoms with E-state index in [9.17, 15) is 4.79 Å². The molecule has 0 aliphatic rings. The van der Waals surface area contributed by atoms with E-state index in [0.29, 0.717) is 6.54 Å². The molecule has 0 spiro atoms. The molecule has 0 aliphatic heterocycles. The van der Waals surface area contributed by atoms with E-state index in [1.807, 2.05) is 18.4 Å². The fourth-order valence-corrected chi connectivity index (χ4v) is 1.94. The quantitative estimate of drug-likeness (QED) is 0.853. The van der Waals surface area contributed by atoms with Crippen LogP contribution in [-0.4, -0.2) is 26.1 Å². The first-order valence-electron chi connectivity index (χ1n) is 4.32. The van der Waals surface area contributed by atoms with Gasteiger partial charge in [0.05, 0.1) is 12.7 Å². The van der Waals surface area contributed by atoms with Crippen molar-refractivity contribution in [2.75, 3.05) is 0 Å². The lowest BCUT2D eigenvalue weighted by Gasteiger charge is -1.94. The summed E-state index contributed by atoms with van der Waals surface area (Å²) in [7, 11) is 0. The largest absolute Gasteiger partial charge is 0.476 e. The first-order chi connectivity index (χ1) is 7.15. The Morgan fingerprint density at radius 1 is 1.67 bits per heavy atom. The molecule has 0 unspecified atom stereocenters. The Kier molecular flexibility index (Phi) is 2.51. The lowest BCUT2D eigenvalue weighted by Crippen LogP contribution is -1.99. The molecule has 0 aliphatic carbocycles. The molecule has 2 aromatic rings. The summed E-state index contributed by atoms with van der Waals surface area (Å²) in [5, 5.41) is 17.9. The molecular weight excluding hydrogens is 214 g/mol. The highest BCUT2D eigenvalue weighted by atomic mass is 32.1. The summed E-state index contributed by atoms with van der Waals surface area (Å²) < 4.78 is 1.52. The molecule has 0 saturated heterocycles. The molecule has 0 bridgehead atoms. The van der Waals surface area contributed by atoms with E-state index in [2.05, 4.69) is 10.3 Å². The molecule has 5 nitrogen and oxygen atoms in total. The number of rotatable bonds is 3. The van der Waals surface area contributed by atoms with Crippen LogP contribution in [0.5, 0.6) is 0 Å². The third-order valence-electron chi connectivity index (χ3n) is 1.89. The lowest BCUT2D eigenvalue weighted by atomic mass is 10.3. The Labute approximate surface area is 90.0 Å². The van der Waals surface area contributed by atoms with Crippen molar-refractivity contribution in [3.8, 4) is 0 Å². The normalized spacial score (nSPS) is 10.5. The standard InChI is InChI=1S/C9H9N3O2S/c1-6-2-7(5-15-6)3-12-4-8(9(13)14)10-11-12/h2,4-5H,3H2,1H3,(H,13,14). The van der Waals surface area contributed by atoms with Gasteiger partial charge < -0.3 is 5.11 Å². The van der Waals surface area contributed by atoms with Crippen molar-refractivity contribution in [1.29, 1.82) is 0 Å².